The van der Waals surface area contributed by atoms with Crippen LogP contribution in [-0.4, -0.2) is 79.0 Å². The minimum absolute atomic E-state index is 0.183. The number of rotatable bonds is 7. The molecule has 0 aromatic heterocycles. The maximum Gasteiger partial charge on any atom is 0.325 e. The number of carbonyl (C=O) groups is 3. The molecule has 0 radical (unpaired) electrons. The van der Waals surface area contributed by atoms with Crippen LogP contribution < -0.4 is 16.0 Å². The molecule has 3 fully saturated rings. The zero-order valence-electron chi connectivity index (χ0n) is 16.4. The van der Waals surface area contributed by atoms with E-state index in [1.807, 2.05) is 0 Å². The second kappa shape index (κ2) is 9.01. The third-order valence-corrected chi connectivity index (χ3v) is 6.27. The van der Waals surface area contributed by atoms with Crippen LogP contribution in [0.15, 0.2) is 0 Å². The van der Waals surface area contributed by atoms with E-state index in [1.54, 1.807) is 0 Å². The quantitative estimate of drug-likeness (QED) is 0.437. The van der Waals surface area contributed by atoms with E-state index < -0.39 is 11.6 Å². The zero-order valence-corrected chi connectivity index (χ0v) is 16.4. The number of urea groups is 1. The van der Waals surface area contributed by atoms with Gasteiger partial charge in [-0.15, -0.1) is 0 Å². The molecule has 1 saturated carbocycles. The van der Waals surface area contributed by atoms with Crippen molar-refractivity contribution in [3.8, 4) is 0 Å². The van der Waals surface area contributed by atoms with Crippen LogP contribution in [0.1, 0.15) is 45.4 Å². The van der Waals surface area contributed by atoms with Crippen LogP contribution >= 0.6 is 0 Å². The third-order valence-electron chi connectivity index (χ3n) is 6.27. The molecule has 2 aliphatic heterocycles. The number of imide groups is 1. The highest BCUT2D eigenvalue weighted by Gasteiger charge is 2.52. The van der Waals surface area contributed by atoms with Crippen LogP contribution in [0.2, 0.25) is 0 Å². The largest absolute Gasteiger partial charge is 0.354 e. The average Bonchev–Trinajstić information content (AvgIpc) is 2.91. The monoisotopic (exact) mass is 379 g/mol. The summed E-state index contributed by atoms with van der Waals surface area (Å²) in [6.45, 7) is 7.60. The molecule has 3 rings (SSSR count). The van der Waals surface area contributed by atoms with Crippen LogP contribution in [0, 0.1) is 5.92 Å². The maximum absolute atomic E-state index is 12.8. The second-order valence-corrected chi connectivity index (χ2v) is 8.05. The van der Waals surface area contributed by atoms with E-state index in [9.17, 15) is 14.4 Å². The Kier molecular flexibility index (Phi) is 6.70. The minimum Gasteiger partial charge on any atom is -0.354 e. The minimum atomic E-state index is -0.772. The summed E-state index contributed by atoms with van der Waals surface area (Å²) in [5.74, 6) is 0.143. The molecule has 152 valence electrons. The van der Waals surface area contributed by atoms with Gasteiger partial charge >= 0.3 is 6.03 Å². The Morgan fingerprint density at radius 1 is 1.22 bits per heavy atom. The number of hydrogen-bond donors (Lipinski definition) is 3. The molecule has 2 heterocycles. The number of hydrogen-bond acceptors (Lipinski definition) is 5. The fourth-order valence-corrected chi connectivity index (χ4v) is 4.40. The topological polar surface area (TPSA) is 93.8 Å². The molecule has 3 N–H and O–H groups in total. The molecule has 0 unspecified atom stereocenters. The molecule has 1 spiro atoms. The van der Waals surface area contributed by atoms with Gasteiger partial charge in [0.2, 0.25) is 5.91 Å². The zero-order chi connectivity index (χ0) is 19.3. The molecular weight excluding hydrogens is 346 g/mol. The van der Waals surface area contributed by atoms with Crippen LogP contribution in [0.4, 0.5) is 4.79 Å². The highest BCUT2D eigenvalue weighted by molar-refractivity contribution is 6.09. The van der Waals surface area contributed by atoms with Gasteiger partial charge in [0.05, 0.1) is 0 Å². The Morgan fingerprint density at radius 3 is 2.59 bits per heavy atom. The van der Waals surface area contributed by atoms with Crippen molar-refractivity contribution >= 4 is 17.8 Å². The van der Waals surface area contributed by atoms with Crippen molar-refractivity contribution in [2.75, 3.05) is 45.8 Å². The molecule has 0 atom stereocenters. The van der Waals surface area contributed by atoms with Crippen molar-refractivity contribution in [2.24, 2.45) is 5.92 Å². The molecule has 1 aliphatic carbocycles. The predicted molar refractivity (Wildman–Crippen MR) is 102 cm³/mol. The van der Waals surface area contributed by atoms with E-state index in [1.165, 1.54) is 0 Å². The van der Waals surface area contributed by atoms with Gasteiger partial charge in [-0.25, -0.2) is 4.79 Å². The predicted octanol–water partition coefficient (Wildman–Crippen LogP) is 0.289. The summed E-state index contributed by atoms with van der Waals surface area (Å²) in [6, 6.07) is -0.425. The standard InChI is InChI=1S/C19H33N5O3/c1-2-15-4-6-19(7-5-15)17(26)24(18(27)22-19)14-16(25)21-8-3-11-23-12-9-20-10-13-23/h15,20H,2-14H2,1H3,(H,21,25)(H,22,27). The summed E-state index contributed by atoms with van der Waals surface area (Å²) in [5, 5.41) is 9.03. The molecule has 0 aromatic rings. The summed E-state index contributed by atoms with van der Waals surface area (Å²) in [7, 11) is 0. The summed E-state index contributed by atoms with van der Waals surface area (Å²) in [6.07, 6.45) is 5.24. The van der Waals surface area contributed by atoms with E-state index >= 15 is 0 Å². The normalized spacial score (nSPS) is 29.2. The lowest BCUT2D eigenvalue weighted by Crippen LogP contribution is -2.50. The van der Waals surface area contributed by atoms with Crippen LogP contribution in [0.25, 0.3) is 0 Å². The molecule has 0 bridgehead atoms. The van der Waals surface area contributed by atoms with Crippen molar-refractivity contribution in [1.29, 1.82) is 0 Å². The number of amides is 4. The van der Waals surface area contributed by atoms with Crippen molar-refractivity contribution in [3.05, 3.63) is 0 Å². The first-order chi connectivity index (χ1) is 13.0. The number of carbonyl (C=O) groups excluding carboxylic acids is 3. The van der Waals surface area contributed by atoms with E-state index in [4.69, 9.17) is 0 Å². The smallest absolute Gasteiger partial charge is 0.325 e. The van der Waals surface area contributed by atoms with Gasteiger partial charge in [0, 0.05) is 32.7 Å². The number of nitrogens with zero attached hydrogens (tertiary/aromatic N) is 2. The van der Waals surface area contributed by atoms with Crippen LogP contribution in [0.3, 0.4) is 0 Å². The van der Waals surface area contributed by atoms with Crippen LogP contribution in [-0.2, 0) is 9.59 Å². The maximum atomic E-state index is 12.8. The fraction of sp³-hybridized carbons (Fsp3) is 0.842. The molecule has 2 saturated heterocycles. The van der Waals surface area contributed by atoms with Crippen molar-refractivity contribution in [2.45, 2.75) is 51.0 Å². The number of nitrogens with one attached hydrogen (secondary N) is 3. The van der Waals surface area contributed by atoms with Gasteiger partial charge in [-0.1, -0.05) is 13.3 Å². The lowest BCUT2D eigenvalue weighted by atomic mass is 9.75. The second-order valence-electron chi connectivity index (χ2n) is 8.05. The lowest BCUT2D eigenvalue weighted by molar-refractivity contribution is -0.136. The SMILES string of the molecule is CCC1CCC2(CC1)NC(=O)N(CC(=O)NCCCN1CCNCC1)C2=O. The van der Waals surface area contributed by atoms with E-state index in [2.05, 4.69) is 27.8 Å². The highest BCUT2D eigenvalue weighted by Crippen LogP contribution is 2.37. The molecular formula is C19H33N5O3. The van der Waals surface area contributed by atoms with Crippen molar-refractivity contribution in [3.63, 3.8) is 0 Å². The Balaban J connectivity index is 1.41. The van der Waals surface area contributed by atoms with Crippen LogP contribution in [0.5, 0.6) is 0 Å². The third kappa shape index (κ3) is 4.79. The molecule has 3 aliphatic rings. The van der Waals surface area contributed by atoms with E-state index in [0.29, 0.717) is 25.3 Å². The van der Waals surface area contributed by atoms with Gasteiger partial charge < -0.3 is 20.9 Å². The summed E-state index contributed by atoms with van der Waals surface area (Å²) in [5.41, 5.74) is -0.772. The van der Waals surface area contributed by atoms with Crippen molar-refractivity contribution < 1.29 is 14.4 Å². The molecule has 8 nitrogen and oxygen atoms in total. The summed E-state index contributed by atoms with van der Waals surface area (Å²) < 4.78 is 0. The Labute approximate surface area is 161 Å². The Hall–Kier alpha value is -1.67. The van der Waals surface area contributed by atoms with Crippen molar-refractivity contribution in [1.82, 2.24) is 25.8 Å². The first kappa shape index (κ1) is 20.1. The van der Waals surface area contributed by atoms with E-state index in [0.717, 1.165) is 63.3 Å². The first-order valence-corrected chi connectivity index (χ1v) is 10.4. The fourth-order valence-electron chi connectivity index (χ4n) is 4.40. The summed E-state index contributed by atoms with van der Waals surface area (Å²) >= 11 is 0. The lowest BCUT2D eigenvalue weighted by Gasteiger charge is -2.34. The highest BCUT2D eigenvalue weighted by atomic mass is 16.2. The summed E-state index contributed by atoms with van der Waals surface area (Å²) in [4.78, 5) is 40.8. The molecule has 0 aromatic carbocycles. The molecule has 27 heavy (non-hydrogen) atoms. The van der Waals surface area contributed by atoms with E-state index in [-0.39, 0.29) is 18.4 Å². The number of piperazine rings is 1. The van der Waals surface area contributed by atoms with Gasteiger partial charge in [0.15, 0.2) is 0 Å². The van der Waals surface area contributed by atoms with Gasteiger partial charge in [-0.2, -0.15) is 0 Å². The Bertz CT molecular complexity index is 554. The van der Waals surface area contributed by atoms with Gasteiger partial charge in [0.1, 0.15) is 12.1 Å². The van der Waals surface area contributed by atoms with Gasteiger partial charge in [-0.3, -0.25) is 14.5 Å². The van der Waals surface area contributed by atoms with Gasteiger partial charge in [-0.05, 0) is 44.6 Å². The van der Waals surface area contributed by atoms with Gasteiger partial charge in [0.25, 0.3) is 5.91 Å². The molecule has 4 amide bonds. The first-order valence-electron chi connectivity index (χ1n) is 10.4. The Morgan fingerprint density at radius 2 is 1.93 bits per heavy atom. The molecule has 8 heteroatoms. The average molecular weight is 380 g/mol.